The molecule has 1 aliphatic carbocycles. The van der Waals surface area contributed by atoms with E-state index in [0.29, 0.717) is 12.6 Å². The van der Waals surface area contributed by atoms with Crippen LogP contribution in [-0.2, 0) is 9.59 Å². The summed E-state index contributed by atoms with van der Waals surface area (Å²) in [6.07, 6.45) is 3.01. The lowest BCUT2D eigenvalue weighted by molar-refractivity contribution is -0.132. The predicted octanol–water partition coefficient (Wildman–Crippen LogP) is 4.62. The highest BCUT2D eigenvalue weighted by Crippen LogP contribution is 2.41. The predicted molar refractivity (Wildman–Crippen MR) is 129 cm³/mol. The molecule has 9 heteroatoms. The fraction of sp³-hybridized carbons (Fsp3) is 0.391. The van der Waals surface area contributed by atoms with Crippen molar-refractivity contribution in [3.8, 4) is 10.7 Å². The van der Waals surface area contributed by atoms with Gasteiger partial charge in [-0.15, -0.1) is 21.5 Å². The van der Waals surface area contributed by atoms with E-state index in [1.54, 1.807) is 16.2 Å². The summed E-state index contributed by atoms with van der Waals surface area (Å²) in [5.74, 6) is 0.847. The first-order chi connectivity index (χ1) is 15.6. The summed E-state index contributed by atoms with van der Waals surface area (Å²) >= 11 is 3.04. The third-order valence-electron chi connectivity index (χ3n) is 5.24. The fourth-order valence-electron chi connectivity index (χ4n) is 3.47. The number of nitrogens with one attached hydrogen (secondary N) is 1. The Labute approximate surface area is 196 Å². The lowest BCUT2D eigenvalue weighted by Crippen LogP contribution is -2.39. The van der Waals surface area contributed by atoms with E-state index >= 15 is 0 Å². The number of rotatable bonds is 10. The van der Waals surface area contributed by atoms with Crippen LogP contribution in [0.3, 0.4) is 0 Å². The van der Waals surface area contributed by atoms with Gasteiger partial charge in [0.05, 0.1) is 17.2 Å². The number of benzene rings is 1. The SMILES string of the molecule is CCCN(CC(=O)Nc1ccccc1C)C(=O)CSc1nnc(-c2cccs2)n1C1CC1. The van der Waals surface area contributed by atoms with Crippen molar-refractivity contribution in [2.75, 3.05) is 24.2 Å². The van der Waals surface area contributed by atoms with Crippen LogP contribution < -0.4 is 5.32 Å². The van der Waals surface area contributed by atoms with Crippen LogP contribution in [0.2, 0.25) is 0 Å². The molecule has 1 N–H and O–H groups in total. The number of hydrogen-bond acceptors (Lipinski definition) is 6. The Hall–Kier alpha value is -2.65. The molecule has 2 amide bonds. The summed E-state index contributed by atoms with van der Waals surface area (Å²) in [7, 11) is 0. The van der Waals surface area contributed by atoms with Crippen molar-refractivity contribution in [1.82, 2.24) is 19.7 Å². The standard InChI is InChI=1S/C23H27N5O2S2/c1-3-12-27(14-20(29)24-18-8-5-4-7-16(18)2)21(30)15-32-23-26-25-22(19-9-6-13-31-19)28(23)17-10-11-17/h4-9,13,17H,3,10-12,14-15H2,1-2H3,(H,24,29). The van der Waals surface area contributed by atoms with Gasteiger partial charge >= 0.3 is 0 Å². The molecule has 0 spiro atoms. The number of carbonyl (C=O) groups excluding carboxylic acids is 2. The lowest BCUT2D eigenvalue weighted by atomic mass is 10.2. The zero-order valence-electron chi connectivity index (χ0n) is 18.3. The lowest BCUT2D eigenvalue weighted by Gasteiger charge is -2.21. The molecule has 0 aliphatic heterocycles. The van der Waals surface area contributed by atoms with E-state index in [4.69, 9.17) is 0 Å². The largest absolute Gasteiger partial charge is 0.333 e. The van der Waals surface area contributed by atoms with Crippen molar-refractivity contribution >= 4 is 40.6 Å². The minimum atomic E-state index is -0.188. The summed E-state index contributed by atoms with van der Waals surface area (Å²) < 4.78 is 2.17. The topological polar surface area (TPSA) is 80.1 Å². The van der Waals surface area contributed by atoms with Crippen molar-refractivity contribution in [3.63, 3.8) is 0 Å². The number of aromatic nitrogens is 3. The van der Waals surface area contributed by atoms with Crippen LogP contribution in [0, 0.1) is 6.92 Å². The van der Waals surface area contributed by atoms with Crippen molar-refractivity contribution < 1.29 is 9.59 Å². The van der Waals surface area contributed by atoms with Gasteiger partial charge in [0.25, 0.3) is 0 Å². The molecule has 32 heavy (non-hydrogen) atoms. The van der Waals surface area contributed by atoms with Crippen LogP contribution in [0.5, 0.6) is 0 Å². The zero-order chi connectivity index (χ0) is 22.5. The van der Waals surface area contributed by atoms with E-state index < -0.39 is 0 Å². The molecule has 7 nitrogen and oxygen atoms in total. The van der Waals surface area contributed by atoms with Crippen LogP contribution in [-0.4, -0.2) is 50.3 Å². The van der Waals surface area contributed by atoms with E-state index in [9.17, 15) is 9.59 Å². The molecule has 0 bridgehead atoms. The van der Waals surface area contributed by atoms with Crippen LogP contribution >= 0.6 is 23.1 Å². The Morgan fingerprint density at radius 2 is 2.03 bits per heavy atom. The van der Waals surface area contributed by atoms with Gasteiger partial charge in [-0.2, -0.15) is 0 Å². The molecule has 0 saturated heterocycles. The maximum Gasteiger partial charge on any atom is 0.244 e. The fourth-order valence-corrected chi connectivity index (χ4v) is 5.08. The highest BCUT2D eigenvalue weighted by Gasteiger charge is 2.31. The van der Waals surface area contributed by atoms with Crippen molar-refractivity contribution in [1.29, 1.82) is 0 Å². The van der Waals surface area contributed by atoms with Crippen LogP contribution in [0.4, 0.5) is 5.69 Å². The number of aryl methyl sites for hydroxylation is 1. The number of nitrogens with zero attached hydrogens (tertiary/aromatic N) is 4. The number of amides is 2. The number of hydrogen-bond donors (Lipinski definition) is 1. The number of carbonyl (C=O) groups is 2. The molecule has 4 rings (SSSR count). The van der Waals surface area contributed by atoms with Gasteiger partial charge in [0.2, 0.25) is 11.8 Å². The molecule has 0 atom stereocenters. The summed E-state index contributed by atoms with van der Waals surface area (Å²) in [4.78, 5) is 28.3. The van der Waals surface area contributed by atoms with Gasteiger partial charge in [-0.25, -0.2) is 0 Å². The molecule has 1 aromatic carbocycles. The zero-order valence-corrected chi connectivity index (χ0v) is 19.9. The molecule has 1 fully saturated rings. The Kier molecular flexibility index (Phi) is 7.26. The first-order valence-corrected chi connectivity index (χ1v) is 12.7. The minimum Gasteiger partial charge on any atom is -0.333 e. The maximum absolute atomic E-state index is 13.0. The molecule has 3 aromatic rings. The Balaban J connectivity index is 1.39. The Morgan fingerprint density at radius 3 is 2.72 bits per heavy atom. The van der Waals surface area contributed by atoms with E-state index in [1.807, 2.05) is 55.6 Å². The molecule has 0 unspecified atom stereocenters. The number of thioether (sulfide) groups is 1. The first-order valence-electron chi connectivity index (χ1n) is 10.8. The molecule has 2 heterocycles. The third kappa shape index (κ3) is 5.39. The maximum atomic E-state index is 13.0. The summed E-state index contributed by atoms with van der Waals surface area (Å²) in [5.41, 5.74) is 1.76. The smallest absolute Gasteiger partial charge is 0.244 e. The second-order valence-corrected chi connectivity index (χ2v) is 9.74. The van der Waals surface area contributed by atoms with Gasteiger partial charge in [0.1, 0.15) is 0 Å². The molecule has 168 valence electrons. The van der Waals surface area contributed by atoms with E-state index in [0.717, 1.165) is 46.4 Å². The van der Waals surface area contributed by atoms with E-state index in [1.165, 1.54) is 11.8 Å². The molecular weight excluding hydrogens is 442 g/mol. The molecule has 1 saturated carbocycles. The van der Waals surface area contributed by atoms with Crippen molar-refractivity contribution in [3.05, 3.63) is 47.3 Å². The van der Waals surface area contributed by atoms with Gasteiger partial charge in [0.15, 0.2) is 11.0 Å². The second kappa shape index (κ2) is 10.3. The van der Waals surface area contributed by atoms with Gasteiger partial charge in [-0.05, 0) is 49.3 Å². The number of anilines is 1. The Morgan fingerprint density at radius 1 is 1.22 bits per heavy atom. The van der Waals surface area contributed by atoms with Crippen molar-refractivity contribution in [2.24, 2.45) is 0 Å². The number of thiophene rings is 1. The van der Waals surface area contributed by atoms with Crippen LogP contribution in [0.15, 0.2) is 46.9 Å². The average molecular weight is 470 g/mol. The summed E-state index contributed by atoms with van der Waals surface area (Å²) in [6.45, 7) is 4.53. The van der Waals surface area contributed by atoms with E-state index in [2.05, 4.69) is 20.1 Å². The third-order valence-corrected chi connectivity index (χ3v) is 7.04. The molecule has 1 aliphatic rings. The van der Waals surface area contributed by atoms with Crippen LogP contribution in [0.1, 0.15) is 37.8 Å². The highest BCUT2D eigenvalue weighted by molar-refractivity contribution is 7.99. The normalized spacial score (nSPS) is 13.2. The summed E-state index contributed by atoms with van der Waals surface area (Å²) in [5, 5.41) is 14.5. The number of para-hydroxylation sites is 1. The molecule has 2 aromatic heterocycles. The monoisotopic (exact) mass is 469 g/mol. The minimum absolute atomic E-state index is 0.0390. The van der Waals surface area contributed by atoms with E-state index in [-0.39, 0.29) is 24.1 Å². The van der Waals surface area contributed by atoms with Gasteiger partial charge in [-0.3, -0.25) is 14.2 Å². The first kappa shape index (κ1) is 22.5. The summed E-state index contributed by atoms with van der Waals surface area (Å²) in [6, 6.07) is 12.1. The van der Waals surface area contributed by atoms with Gasteiger partial charge < -0.3 is 10.2 Å². The molecular formula is C23H27N5O2S2. The highest BCUT2D eigenvalue weighted by atomic mass is 32.2. The van der Waals surface area contributed by atoms with Gasteiger partial charge in [-0.1, -0.05) is 43.0 Å². The quantitative estimate of drug-likeness (QED) is 0.438. The van der Waals surface area contributed by atoms with Crippen molar-refractivity contribution in [2.45, 2.75) is 44.3 Å². The molecule has 0 radical (unpaired) electrons. The van der Waals surface area contributed by atoms with Gasteiger partial charge in [0, 0.05) is 18.3 Å². The Bertz CT molecular complexity index is 1080. The second-order valence-electron chi connectivity index (χ2n) is 7.85. The average Bonchev–Trinajstić information content (AvgIpc) is 3.30. The van der Waals surface area contributed by atoms with Crippen LogP contribution in [0.25, 0.3) is 10.7 Å².